The summed E-state index contributed by atoms with van der Waals surface area (Å²) in [7, 11) is 0. The third-order valence-electron chi connectivity index (χ3n) is 3.94. The zero-order valence-electron chi connectivity index (χ0n) is 12.5. The Morgan fingerprint density at radius 3 is 2.90 bits per heavy atom. The predicted molar refractivity (Wildman–Crippen MR) is 91.3 cm³/mol. The van der Waals surface area contributed by atoms with Crippen LogP contribution >= 0.6 is 11.3 Å². The van der Waals surface area contributed by atoms with Crippen molar-refractivity contribution in [1.29, 1.82) is 0 Å². The van der Waals surface area contributed by atoms with Crippen molar-refractivity contribution in [3.8, 4) is 0 Å². The van der Waals surface area contributed by atoms with E-state index in [4.69, 9.17) is 0 Å². The Bertz CT molecular complexity index is 628. The lowest BCUT2D eigenvalue weighted by Gasteiger charge is -2.23. The predicted octanol–water partition coefficient (Wildman–Crippen LogP) is 4.34. The highest BCUT2D eigenvalue weighted by atomic mass is 32.1. The molecule has 2 aromatic heterocycles. The fraction of sp³-hybridized carbons (Fsp3) is 0.500. The van der Waals surface area contributed by atoms with Crippen LogP contribution < -0.4 is 10.6 Å². The number of aryl methyl sites for hydroxylation is 1. The third kappa shape index (κ3) is 3.18. The van der Waals surface area contributed by atoms with Gasteiger partial charge in [-0.2, -0.15) is 4.98 Å². The number of rotatable bonds is 5. The molecule has 1 fully saturated rings. The molecule has 0 bridgehead atoms. The summed E-state index contributed by atoms with van der Waals surface area (Å²) < 4.78 is 1.17. The second-order valence-electron chi connectivity index (χ2n) is 5.64. The summed E-state index contributed by atoms with van der Waals surface area (Å²) in [5.74, 6) is 1.67. The number of hydrogen-bond acceptors (Lipinski definition) is 5. The number of thiophene rings is 1. The Morgan fingerprint density at radius 2 is 2.14 bits per heavy atom. The van der Waals surface area contributed by atoms with Crippen LogP contribution in [0.3, 0.4) is 0 Å². The molecule has 1 aliphatic rings. The van der Waals surface area contributed by atoms with E-state index in [1.54, 1.807) is 11.3 Å². The van der Waals surface area contributed by atoms with Crippen molar-refractivity contribution in [2.75, 3.05) is 17.2 Å². The maximum Gasteiger partial charge on any atom is 0.225 e. The van der Waals surface area contributed by atoms with Gasteiger partial charge in [-0.15, -0.1) is 17.9 Å². The second-order valence-corrected chi connectivity index (χ2v) is 6.52. The average molecular weight is 302 g/mol. The summed E-state index contributed by atoms with van der Waals surface area (Å²) in [5.41, 5.74) is 2.27. The molecule has 1 saturated carbocycles. The highest BCUT2D eigenvalue weighted by molar-refractivity contribution is 7.18. The molecule has 2 heterocycles. The summed E-state index contributed by atoms with van der Waals surface area (Å²) in [4.78, 5) is 9.30. The van der Waals surface area contributed by atoms with Crippen LogP contribution in [0.4, 0.5) is 11.8 Å². The van der Waals surface area contributed by atoms with E-state index in [9.17, 15) is 0 Å². The monoisotopic (exact) mass is 302 g/mol. The third-order valence-corrected chi connectivity index (χ3v) is 5.04. The van der Waals surface area contributed by atoms with E-state index in [0.29, 0.717) is 18.5 Å². The molecule has 0 saturated heterocycles. The van der Waals surface area contributed by atoms with Gasteiger partial charge in [-0.3, -0.25) is 0 Å². The molecule has 0 unspecified atom stereocenters. The Hall–Kier alpha value is -1.62. The molecule has 0 amide bonds. The average Bonchev–Trinajstić information content (AvgIpc) is 2.88. The van der Waals surface area contributed by atoms with Gasteiger partial charge in [0.15, 0.2) is 0 Å². The fourth-order valence-corrected chi connectivity index (χ4v) is 3.75. The number of hydrogen-bond donors (Lipinski definition) is 2. The van der Waals surface area contributed by atoms with Crippen LogP contribution in [0.5, 0.6) is 0 Å². The van der Waals surface area contributed by atoms with Gasteiger partial charge in [0.25, 0.3) is 0 Å². The molecule has 1 aliphatic carbocycles. The highest BCUT2D eigenvalue weighted by Gasteiger charge is 2.17. The first-order chi connectivity index (χ1) is 10.3. The van der Waals surface area contributed by atoms with Crippen LogP contribution in [0.15, 0.2) is 18.0 Å². The zero-order chi connectivity index (χ0) is 14.7. The van der Waals surface area contributed by atoms with Gasteiger partial charge in [0.05, 0.1) is 10.2 Å². The molecular formula is C16H22N4S. The molecule has 4 nitrogen and oxygen atoms in total. The zero-order valence-corrected chi connectivity index (χ0v) is 13.3. The molecule has 2 aromatic rings. The lowest BCUT2D eigenvalue weighted by molar-refractivity contribution is 0.462. The molecule has 0 radical (unpaired) electrons. The number of anilines is 2. The molecule has 0 aliphatic heterocycles. The Morgan fingerprint density at radius 1 is 1.33 bits per heavy atom. The number of aromatic nitrogens is 2. The van der Waals surface area contributed by atoms with Crippen molar-refractivity contribution in [3.05, 3.63) is 23.6 Å². The Kier molecular flexibility index (Phi) is 4.39. The van der Waals surface area contributed by atoms with Crippen molar-refractivity contribution in [1.82, 2.24) is 9.97 Å². The van der Waals surface area contributed by atoms with Crippen LogP contribution in [-0.4, -0.2) is 22.6 Å². The summed E-state index contributed by atoms with van der Waals surface area (Å²) in [6, 6.07) is 0.548. The maximum absolute atomic E-state index is 4.68. The lowest BCUT2D eigenvalue weighted by Crippen LogP contribution is -2.23. The first-order valence-electron chi connectivity index (χ1n) is 7.65. The fourth-order valence-electron chi connectivity index (χ4n) is 2.81. The quantitative estimate of drug-likeness (QED) is 0.807. The lowest BCUT2D eigenvalue weighted by atomic mass is 9.95. The SMILES string of the molecule is C=CCNc1nc(NC2CCCCC2)c2scc(C)c2n1. The van der Waals surface area contributed by atoms with Crippen LogP contribution in [0.2, 0.25) is 0 Å². The minimum absolute atomic E-state index is 0.548. The van der Waals surface area contributed by atoms with Crippen LogP contribution in [0, 0.1) is 6.92 Å². The van der Waals surface area contributed by atoms with Crippen LogP contribution in [0.1, 0.15) is 37.7 Å². The van der Waals surface area contributed by atoms with Crippen molar-refractivity contribution < 1.29 is 0 Å². The molecule has 2 N–H and O–H groups in total. The largest absolute Gasteiger partial charge is 0.366 e. The van der Waals surface area contributed by atoms with Gasteiger partial charge in [-0.25, -0.2) is 4.98 Å². The van der Waals surface area contributed by atoms with E-state index in [0.717, 1.165) is 11.3 Å². The van der Waals surface area contributed by atoms with Gasteiger partial charge in [-0.1, -0.05) is 25.3 Å². The van der Waals surface area contributed by atoms with E-state index < -0.39 is 0 Å². The first-order valence-corrected chi connectivity index (χ1v) is 8.53. The summed E-state index contributed by atoms with van der Waals surface area (Å²) in [6.45, 7) is 6.51. The standard InChI is InChI=1S/C16H22N4S/c1-3-9-17-16-19-13-11(2)10-21-14(13)15(20-16)18-12-7-5-4-6-8-12/h3,10,12H,1,4-9H2,2H3,(H2,17,18,19,20). The summed E-state index contributed by atoms with van der Waals surface area (Å²) >= 11 is 1.73. The van der Waals surface area contributed by atoms with E-state index in [-0.39, 0.29) is 0 Å². The molecule has 112 valence electrons. The topological polar surface area (TPSA) is 49.8 Å². The normalized spacial score (nSPS) is 16.0. The van der Waals surface area contributed by atoms with Crippen LogP contribution in [-0.2, 0) is 0 Å². The minimum Gasteiger partial charge on any atom is -0.366 e. The minimum atomic E-state index is 0.548. The van der Waals surface area contributed by atoms with E-state index >= 15 is 0 Å². The van der Waals surface area contributed by atoms with Gasteiger partial charge in [0.2, 0.25) is 5.95 Å². The molecule has 0 atom stereocenters. The van der Waals surface area contributed by atoms with E-state index in [1.165, 1.54) is 42.4 Å². The van der Waals surface area contributed by atoms with Gasteiger partial charge >= 0.3 is 0 Å². The van der Waals surface area contributed by atoms with Gasteiger partial charge in [0.1, 0.15) is 5.82 Å². The molecular weight excluding hydrogens is 280 g/mol. The van der Waals surface area contributed by atoms with Crippen molar-refractivity contribution in [2.45, 2.75) is 45.1 Å². The molecule has 3 rings (SSSR count). The van der Waals surface area contributed by atoms with Crippen molar-refractivity contribution in [2.24, 2.45) is 0 Å². The highest BCUT2D eigenvalue weighted by Crippen LogP contribution is 2.32. The Balaban J connectivity index is 1.92. The molecule has 21 heavy (non-hydrogen) atoms. The van der Waals surface area contributed by atoms with Crippen LogP contribution in [0.25, 0.3) is 10.2 Å². The number of nitrogens with one attached hydrogen (secondary N) is 2. The number of fused-ring (bicyclic) bond motifs is 1. The summed E-state index contributed by atoms with van der Waals surface area (Å²) in [5, 5.41) is 9.01. The van der Waals surface area contributed by atoms with E-state index in [2.05, 4.69) is 39.5 Å². The molecule has 5 heteroatoms. The van der Waals surface area contributed by atoms with Crippen molar-refractivity contribution >= 4 is 33.3 Å². The Labute approximate surface area is 129 Å². The smallest absolute Gasteiger partial charge is 0.225 e. The maximum atomic E-state index is 4.68. The number of nitrogens with zero attached hydrogens (tertiary/aromatic N) is 2. The van der Waals surface area contributed by atoms with Crippen molar-refractivity contribution in [3.63, 3.8) is 0 Å². The molecule has 0 aromatic carbocycles. The van der Waals surface area contributed by atoms with E-state index in [1.807, 2.05) is 6.08 Å². The van der Waals surface area contributed by atoms with Gasteiger partial charge in [0, 0.05) is 12.6 Å². The van der Waals surface area contributed by atoms with Gasteiger partial charge < -0.3 is 10.6 Å². The first kappa shape index (κ1) is 14.3. The second kappa shape index (κ2) is 6.43. The van der Waals surface area contributed by atoms with Gasteiger partial charge in [-0.05, 0) is 30.7 Å². The molecule has 0 spiro atoms. The summed E-state index contributed by atoms with van der Waals surface area (Å²) in [6.07, 6.45) is 8.30.